The summed E-state index contributed by atoms with van der Waals surface area (Å²) in [4.78, 5) is 25.0. The molecule has 8 nitrogen and oxygen atoms in total. The highest BCUT2D eigenvalue weighted by molar-refractivity contribution is 6.31. The summed E-state index contributed by atoms with van der Waals surface area (Å²) in [5.41, 5.74) is 0.819. The van der Waals surface area contributed by atoms with Gasteiger partial charge in [-0.05, 0) is 24.3 Å². The van der Waals surface area contributed by atoms with E-state index in [1.807, 2.05) is 6.07 Å². The molecule has 0 saturated heterocycles. The summed E-state index contributed by atoms with van der Waals surface area (Å²) in [6.45, 7) is 0.800. The highest BCUT2D eigenvalue weighted by Gasteiger charge is 2.12. The molecule has 3 rings (SSSR count). The molecule has 29 heavy (non-hydrogen) atoms. The Hall–Kier alpha value is -3.10. The Balaban J connectivity index is 1.81. The van der Waals surface area contributed by atoms with E-state index in [2.05, 4.69) is 15.7 Å². The van der Waals surface area contributed by atoms with Gasteiger partial charge in [-0.2, -0.15) is 5.10 Å². The molecule has 3 aromatic rings. The molecule has 1 heterocycles. The topological polar surface area (TPSA) is 94.5 Å². The number of hydrogen-bond donors (Lipinski definition) is 2. The van der Waals surface area contributed by atoms with Gasteiger partial charge in [-0.15, -0.1) is 0 Å². The van der Waals surface area contributed by atoms with Gasteiger partial charge in [0.1, 0.15) is 5.75 Å². The van der Waals surface area contributed by atoms with Gasteiger partial charge in [0.15, 0.2) is 0 Å². The van der Waals surface area contributed by atoms with Crippen LogP contribution in [0, 0.1) is 0 Å². The SMILES string of the molecule is COCCn1nc(CNC(=O)Nc2cc(Cl)ccc2OC)c2ccccc2c1=O. The standard InChI is InChI=1S/C20H21ClN4O4/c1-28-10-9-25-19(26)15-6-4-3-5-14(15)17(24-25)12-22-20(27)23-16-11-13(21)7-8-18(16)29-2/h3-8,11H,9-10,12H2,1-2H3,(H2,22,23,27). The fourth-order valence-electron chi connectivity index (χ4n) is 2.87. The van der Waals surface area contributed by atoms with Crippen molar-refractivity contribution in [3.63, 3.8) is 0 Å². The molecular weight excluding hydrogens is 396 g/mol. The van der Waals surface area contributed by atoms with Gasteiger partial charge in [0.2, 0.25) is 0 Å². The van der Waals surface area contributed by atoms with Crippen molar-refractivity contribution >= 4 is 34.1 Å². The van der Waals surface area contributed by atoms with Crippen molar-refractivity contribution < 1.29 is 14.3 Å². The van der Waals surface area contributed by atoms with Crippen LogP contribution in [0.2, 0.25) is 5.02 Å². The molecule has 0 atom stereocenters. The van der Waals surface area contributed by atoms with E-state index in [1.165, 1.54) is 11.8 Å². The van der Waals surface area contributed by atoms with E-state index in [0.29, 0.717) is 46.1 Å². The fraction of sp³-hybridized carbons (Fsp3) is 0.250. The van der Waals surface area contributed by atoms with Crippen LogP contribution in [0.4, 0.5) is 10.5 Å². The molecule has 9 heteroatoms. The Kier molecular flexibility index (Phi) is 6.69. The Bertz CT molecular complexity index is 1080. The number of fused-ring (bicyclic) bond motifs is 1. The normalized spacial score (nSPS) is 10.7. The quantitative estimate of drug-likeness (QED) is 0.617. The summed E-state index contributed by atoms with van der Waals surface area (Å²) in [6.07, 6.45) is 0. The molecule has 0 saturated carbocycles. The number of carbonyl (C=O) groups excluding carboxylic acids is 1. The molecule has 0 aliphatic rings. The molecule has 2 amide bonds. The van der Waals surface area contributed by atoms with E-state index in [-0.39, 0.29) is 12.1 Å². The second kappa shape index (κ2) is 9.40. The predicted octanol–water partition coefficient (Wildman–Crippen LogP) is 3.03. The third kappa shape index (κ3) is 4.85. The average molecular weight is 417 g/mol. The Morgan fingerprint density at radius 1 is 1.17 bits per heavy atom. The number of methoxy groups -OCH3 is 2. The highest BCUT2D eigenvalue weighted by atomic mass is 35.5. The zero-order valence-corrected chi connectivity index (χ0v) is 16.8. The van der Waals surface area contributed by atoms with Crippen LogP contribution in [-0.2, 0) is 17.8 Å². The first-order chi connectivity index (χ1) is 14.0. The van der Waals surface area contributed by atoms with Crippen LogP contribution >= 0.6 is 11.6 Å². The lowest BCUT2D eigenvalue weighted by Gasteiger charge is -2.13. The van der Waals surface area contributed by atoms with Crippen molar-refractivity contribution in [2.24, 2.45) is 0 Å². The summed E-state index contributed by atoms with van der Waals surface area (Å²) < 4.78 is 11.6. The molecule has 152 valence electrons. The van der Waals surface area contributed by atoms with Crippen molar-refractivity contribution in [3.8, 4) is 5.75 Å². The first-order valence-corrected chi connectivity index (χ1v) is 9.27. The average Bonchev–Trinajstić information content (AvgIpc) is 2.73. The lowest BCUT2D eigenvalue weighted by atomic mass is 10.1. The first kappa shape index (κ1) is 20.6. The van der Waals surface area contributed by atoms with E-state index in [4.69, 9.17) is 21.1 Å². The number of nitrogens with zero attached hydrogens (tertiary/aromatic N) is 2. The number of aromatic nitrogens is 2. The van der Waals surface area contributed by atoms with E-state index < -0.39 is 6.03 Å². The van der Waals surface area contributed by atoms with E-state index in [0.717, 1.165) is 0 Å². The van der Waals surface area contributed by atoms with Gasteiger partial charge in [-0.25, -0.2) is 9.48 Å². The number of hydrogen-bond acceptors (Lipinski definition) is 5. The fourth-order valence-corrected chi connectivity index (χ4v) is 3.05. The van der Waals surface area contributed by atoms with E-state index in [9.17, 15) is 9.59 Å². The second-order valence-electron chi connectivity index (χ2n) is 6.17. The van der Waals surface area contributed by atoms with Crippen LogP contribution in [0.1, 0.15) is 5.69 Å². The zero-order chi connectivity index (χ0) is 20.8. The maximum Gasteiger partial charge on any atom is 0.319 e. The van der Waals surface area contributed by atoms with Gasteiger partial charge in [0, 0.05) is 17.5 Å². The van der Waals surface area contributed by atoms with Crippen LogP contribution in [-0.4, -0.2) is 36.6 Å². The van der Waals surface area contributed by atoms with Crippen LogP contribution in [0.5, 0.6) is 5.75 Å². The van der Waals surface area contributed by atoms with Gasteiger partial charge >= 0.3 is 6.03 Å². The van der Waals surface area contributed by atoms with Gasteiger partial charge in [-0.3, -0.25) is 4.79 Å². The number of anilines is 1. The molecular formula is C20H21ClN4O4. The Morgan fingerprint density at radius 3 is 2.66 bits per heavy atom. The monoisotopic (exact) mass is 416 g/mol. The number of carbonyl (C=O) groups is 1. The molecule has 0 bridgehead atoms. The highest BCUT2D eigenvalue weighted by Crippen LogP contribution is 2.27. The first-order valence-electron chi connectivity index (χ1n) is 8.89. The summed E-state index contributed by atoms with van der Waals surface area (Å²) in [7, 11) is 3.06. The summed E-state index contributed by atoms with van der Waals surface area (Å²) in [5, 5.41) is 11.6. The number of nitrogens with one attached hydrogen (secondary N) is 2. The summed E-state index contributed by atoms with van der Waals surface area (Å²) in [6, 6.07) is 11.6. The van der Waals surface area contributed by atoms with Crippen molar-refractivity contribution in [1.29, 1.82) is 0 Å². The smallest absolute Gasteiger partial charge is 0.319 e. The Morgan fingerprint density at radius 2 is 1.93 bits per heavy atom. The number of rotatable bonds is 7. The largest absolute Gasteiger partial charge is 0.495 e. The second-order valence-corrected chi connectivity index (χ2v) is 6.60. The predicted molar refractivity (Wildman–Crippen MR) is 112 cm³/mol. The van der Waals surface area contributed by atoms with E-state index >= 15 is 0 Å². The maximum atomic E-state index is 12.6. The summed E-state index contributed by atoms with van der Waals surface area (Å²) in [5.74, 6) is 0.487. The van der Waals surface area contributed by atoms with Crippen molar-refractivity contribution in [3.05, 3.63) is 63.5 Å². The van der Waals surface area contributed by atoms with Gasteiger partial charge in [0.25, 0.3) is 5.56 Å². The zero-order valence-electron chi connectivity index (χ0n) is 16.1. The minimum absolute atomic E-state index is 0.127. The van der Waals surface area contributed by atoms with Crippen LogP contribution in [0.3, 0.4) is 0 Å². The number of urea groups is 1. The van der Waals surface area contributed by atoms with Crippen molar-refractivity contribution in [2.45, 2.75) is 13.1 Å². The van der Waals surface area contributed by atoms with Gasteiger partial charge in [-0.1, -0.05) is 29.8 Å². The minimum Gasteiger partial charge on any atom is -0.495 e. The Labute approximate surface area is 172 Å². The van der Waals surface area contributed by atoms with Crippen LogP contribution < -0.4 is 20.9 Å². The molecule has 2 aromatic carbocycles. The molecule has 0 spiro atoms. The maximum absolute atomic E-state index is 12.6. The van der Waals surface area contributed by atoms with Gasteiger partial charge < -0.3 is 20.1 Å². The third-order valence-electron chi connectivity index (χ3n) is 4.28. The number of halogens is 1. The number of benzene rings is 2. The van der Waals surface area contributed by atoms with Crippen LogP contribution in [0.25, 0.3) is 10.8 Å². The molecule has 2 N–H and O–H groups in total. The molecule has 0 radical (unpaired) electrons. The summed E-state index contributed by atoms with van der Waals surface area (Å²) >= 11 is 5.99. The van der Waals surface area contributed by atoms with Crippen molar-refractivity contribution in [2.75, 3.05) is 26.1 Å². The van der Waals surface area contributed by atoms with Crippen molar-refractivity contribution in [1.82, 2.24) is 15.1 Å². The number of amides is 2. The molecule has 0 unspecified atom stereocenters. The van der Waals surface area contributed by atoms with E-state index in [1.54, 1.807) is 43.5 Å². The molecule has 1 aromatic heterocycles. The molecule has 0 fully saturated rings. The molecule has 0 aliphatic heterocycles. The third-order valence-corrected chi connectivity index (χ3v) is 4.51. The lowest BCUT2D eigenvalue weighted by Crippen LogP contribution is -2.31. The molecule has 0 aliphatic carbocycles. The minimum atomic E-state index is -0.453. The number of ether oxygens (including phenoxy) is 2. The van der Waals surface area contributed by atoms with Crippen LogP contribution in [0.15, 0.2) is 47.3 Å². The van der Waals surface area contributed by atoms with Gasteiger partial charge in [0.05, 0.1) is 43.6 Å². The lowest BCUT2D eigenvalue weighted by molar-refractivity contribution is 0.181.